The van der Waals surface area contributed by atoms with Gasteiger partial charge in [-0.15, -0.1) is 0 Å². The van der Waals surface area contributed by atoms with Crippen molar-refractivity contribution in [1.82, 2.24) is 9.47 Å². The molecule has 0 saturated carbocycles. The van der Waals surface area contributed by atoms with Crippen LogP contribution in [-0.2, 0) is 12.8 Å². The predicted octanol–water partition coefficient (Wildman–Crippen LogP) is 4.23. The van der Waals surface area contributed by atoms with E-state index in [1.54, 1.807) is 0 Å². The van der Waals surface area contributed by atoms with Gasteiger partial charge in [-0.05, 0) is 48.9 Å². The van der Waals surface area contributed by atoms with Gasteiger partial charge in [-0.25, -0.2) is 0 Å². The van der Waals surface area contributed by atoms with Gasteiger partial charge in [-0.1, -0.05) is 43.3 Å². The standard InChI is InChI=1S/C25H29N3O/c1-19-11-12-24-22(17-19)21-9-5-6-10-23(21)28(24)25(29)18-26-13-15-27(16-14-26)20-7-3-2-4-8-20/h2-10,19H,11-18H2,1H3/t19-/m1/s1. The minimum atomic E-state index is 0.227. The number of para-hydroxylation sites is 2. The fourth-order valence-corrected chi connectivity index (χ4v) is 5.03. The summed E-state index contributed by atoms with van der Waals surface area (Å²) in [5, 5.41) is 1.27. The van der Waals surface area contributed by atoms with Gasteiger partial charge in [0, 0.05) is 42.9 Å². The summed E-state index contributed by atoms with van der Waals surface area (Å²) in [4.78, 5) is 18.1. The molecule has 2 aliphatic rings. The van der Waals surface area contributed by atoms with E-state index in [9.17, 15) is 4.79 Å². The first-order valence-corrected chi connectivity index (χ1v) is 10.9. The molecule has 0 N–H and O–H groups in total. The van der Waals surface area contributed by atoms with Gasteiger partial charge in [0.15, 0.2) is 0 Å². The molecule has 2 heterocycles. The lowest BCUT2D eigenvalue weighted by Crippen LogP contribution is -2.48. The third-order valence-electron chi connectivity index (χ3n) is 6.62. The smallest absolute Gasteiger partial charge is 0.245 e. The highest BCUT2D eigenvalue weighted by Gasteiger charge is 2.27. The first-order valence-electron chi connectivity index (χ1n) is 10.9. The van der Waals surface area contributed by atoms with Crippen LogP contribution in [0.5, 0.6) is 0 Å². The Balaban J connectivity index is 1.34. The maximum atomic E-state index is 13.4. The van der Waals surface area contributed by atoms with E-state index in [0.29, 0.717) is 12.5 Å². The lowest BCUT2D eigenvalue weighted by Gasteiger charge is -2.35. The van der Waals surface area contributed by atoms with Crippen molar-refractivity contribution >= 4 is 22.5 Å². The molecule has 0 bridgehead atoms. The molecule has 1 aliphatic carbocycles. The quantitative estimate of drug-likeness (QED) is 0.673. The number of carbonyl (C=O) groups excluding carboxylic acids is 1. The molecule has 1 fully saturated rings. The summed E-state index contributed by atoms with van der Waals surface area (Å²) >= 11 is 0. The summed E-state index contributed by atoms with van der Waals surface area (Å²) < 4.78 is 2.04. The molecule has 1 aromatic heterocycles. The zero-order valence-corrected chi connectivity index (χ0v) is 17.2. The van der Waals surface area contributed by atoms with Gasteiger partial charge in [-0.2, -0.15) is 0 Å². The number of hydrogen-bond donors (Lipinski definition) is 0. The monoisotopic (exact) mass is 387 g/mol. The average molecular weight is 388 g/mol. The summed E-state index contributed by atoms with van der Waals surface area (Å²) in [6.07, 6.45) is 3.27. The van der Waals surface area contributed by atoms with Gasteiger partial charge in [0.2, 0.25) is 5.91 Å². The summed E-state index contributed by atoms with van der Waals surface area (Å²) in [7, 11) is 0. The predicted molar refractivity (Wildman–Crippen MR) is 119 cm³/mol. The molecule has 4 heteroatoms. The highest BCUT2D eigenvalue weighted by molar-refractivity contribution is 5.97. The number of carbonyl (C=O) groups is 1. The summed E-state index contributed by atoms with van der Waals surface area (Å²) in [5.74, 6) is 0.924. The normalized spacial score (nSPS) is 20.0. The number of rotatable bonds is 3. The van der Waals surface area contributed by atoms with Crippen LogP contribution in [0.2, 0.25) is 0 Å². The van der Waals surface area contributed by atoms with Gasteiger partial charge in [-0.3, -0.25) is 14.3 Å². The Bertz CT molecular complexity index is 1020. The topological polar surface area (TPSA) is 28.5 Å². The van der Waals surface area contributed by atoms with E-state index in [-0.39, 0.29) is 5.91 Å². The maximum Gasteiger partial charge on any atom is 0.245 e. The van der Waals surface area contributed by atoms with Crippen molar-refractivity contribution in [3.05, 3.63) is 65.9 Å². The number of nitrogens with zero attached hydrogens (tertiary/aromatic N) is 3. The molecule has 0 unspecified atom stereocenters. The lowest BCUT2D eigenvalue weighted by atomic mass is 9.88. The molecular weight excluding hydrogens is 358 g/mol. The molecule has 150 valence electrons. The Labute approximate surface area is 172 Å². The Hall–Kier alpha value is -2.59. The van der Waals surface area contributed by atoms with E-state index in [0.717, 1.165) is 44.5 Å². The molecule has 1 aliphatic heterocycles. The Morgan fingerprint density at radius 2 is 1.69 bits per heavy atom. The third-order valence-corrected chi connectivity index (χ3v) is 6.62. The second-order valence-electron chi connectivity index (χ2n) is 8.62. The van der Waals surface area contributed by atoms with E-state index < -0.39 is 0 Å². The second-order valence-corrected chi connectivity index (χ2v) is 8.62. The molecular formula is C25H29N3O. The van der Waals surface area contributed by atoms with E-state index in [4.69, 9.17) is 0 Å². The van der Waals surface area contributed by atoms with Crippen molar-refractivity contribution in [1.29, 1.82) is 0 Å². The maximum absolute atomic E-state index is 13.4. The molecule has 5 rings (SSSR count). The van der Waals surface area contributed by atoms with Crippen LogP contribution in [-0.4, -0.2) is 48.1 Å². The molecule has 0 radical (unpaired) electrons. The second kappa shape index (κ2) is 7.68. The molecule has 0 amide bonds. The minimum Gasteiger partial charge on any atom is -0.369 e. The van der Waals surface area contributed by atoms with Crippen molar-refractivity contribution in [2.75, 3.05) is 37.6 Å². The van der Waals surface area contributed by atoms with Crippen LogP contribution >= 0.6 is 0 Å². The van der Waals surface area contributed by atoms with Gasteiger partial charge < -0.3 is 4.90 Å². The minimum absolute atomic E-state index is 0.227. The van der Waals surface area contributed by atoms with E-state index in [1.807, 2.05) is 4.57 Å². The molecule has 2 aromatic carbocycles. The van der Waals surface area contributed by atoms with E-state index in [2.05, 4.69) is 71.3 Å². The Morgan fingerprint density at radius 1 is 0.966 bits per heavy atom. The van der Waals surface area contributed by atoms with Crippen LogP contribution in [0.4, 0.5) is 5.69 Å². The van der Waals surface area contributed by atoms with Crippen molar-refractivity contribution < 1.29 is 4.79 Å². The van der Waals surface area contributed by atoms with E-state index >= 15 is 0 Å². The van der Waals surface area contributed by atoms with Crippen LogP contribution in [0.25, 0.3) is 10.9 Å². The highest BCUT2D eigenvalue weighted by atomic mass is 16.2. The summed E-state index contributed by atoms with van der Waals surface area (Å²) in [5.41, 5.74) is 5.04. The number of benzene rings is 2. The number of fused-ring (bicyclic) bond motifs is 3. The fraction of sp³-hybridized carbons (Fsp3) is 0.400. The van der Waals surface area contributed by atoms with Crippen LogP contribution < -0.4 is 4.90 Å². The SMILES string of the molecule is C[C@@H]1CCc2c(c3ccccc3n2C(=O)CN2CCN(c3ccccc3)CC2)C1. The molecule has 0 spiro atoms. The van der Waals surface area contributed by atoms with Crippen molar-refractivity contribution in [2.24, 2.45) is 5.92 Å². The van der Waals surface area contributed by atoms with Gasteiger partial charge >= 0.3 is 0 Å². The zero-order valence-electron chi connectivity index (χ0n) is 17.2. The average Bonchev–Trinajstić information content (AvgIpc) is 3.09. The molecule has 3 aromatic rings. The number of piperazine rings is 1. The van der Waals surface area contributed by atoms with Crippen LogP contribution in [0.3, 0.4) is 0 Å². The first-order chi connectivity index (χ1) is 14.2. The van der Waals surface area contributed by atoms with Crippen LogP contribution in [0.1, 0.15) is 29.4 Å². The van der Waals surface area contributed by atoms with Gasteiger partial charge in [0.05, 0.1) is 12.1 Å². The Kier molecular flexibility index (Phi) is 4.88. The highest BCUT2D eigenvalue weighted by Crippen LogP contribution is 2.34. The van der Waals surface area contributed by atoms with Crippen molar-refractivity contribution in [3.63, 3.8) is 0 Å². The van der Waals surface area contributed by atoms with Crippen molar-refractivity contribution in [2.45, 2.75) is 26.2 Å². The first kappa shape index (κ1) is 18.4. The summed E-state index contributed by atoms with van der Waals surface area (Å²) in [6.45, 7) is 6.63. The van der Waals surface area contributed by atoms with E-state index in [1.165, 1.54) is 28.8 Å². The summed E-state index contributed by atoms with van der Waals surface area (Å²) in [6, 6.07) is 19.0. The van der Waals surface area contributed by atoms with Crippen molar-refractivity contribution in [3.8, 4) is 0 Å². The Morgan fingerprint density at radius 3 is 2.48 bits per heavy atom. The van der Waals surface area contributed by atoms with Gasteiger partial charge in [0.25, 0.3) is 0 Å². The largest absolute Gasteiger partial charge is 0.369 e. The molecule has 29 heavy (non-hydrogen) atoms. The number of anilines is 1. The third kappa shape index (κ3) is 3.46. The molecule has 1 atom stereocenters. The van der Waals surface area contributed by atoms with Gasteiger partial charge in [0.1, 0.15) is 0 Å². The lowest BCUT2D eigenvalue weighted by molar-refractivity contribution is 0.0845. The number of aromatic nitrogens is 1. The fourth-order valence-electron chi connectivity index (χ4n) is 5.03. The number of hydrogen-bond acceptors (Lipinski definition) is 3. The molecule has 4 nitrogen and oxygen atoms in total. The zero-order chi connectivity index (χ0) is 19.8. The molecule has 1 saturated heterocycles. The van der Waals surface area contributed by atoms with Crippen LogP contribution in [0.15, 0.2) is 54.6 Å². The van der Waals surface area contributed by atoms with Crippen LogP contribution in [0, 0.1) is 5.92 Å².